The highest BCUT2D eigenvalue weighted by Gasteiger charge is 2.36. The molecule has 1 aliphatic heterocycles. The number of methoxy groups -OCH3 is 1. The summed E-state index contributed by atoms with van der Waals surface area (Å²) in [5, 5.41) is 0. The van der Waals surface area contributed by atoms with Crippen LogP contribution in [0.2, 0.25) is 0 Å². The summed E-state index contributed by atoms with van der Waals surface area (Å²) in [4.78, 5) is 15.2. The normalized spacial score (nSPS) is 16.4. The quantitative estimate of drug-likeness (QED) is 0.570. The van der Waals surface area contributed by atoms with Crippen molar-refractivity contribution in [3.8, 4) is 0 Å². The Labute approximate surface area is 165 Å². The van der Waals surface area contributed by atoms with E-state index in [-0.39, 0.29) is 12.0 Å². The fraction of sp³-hybridized carbons (Fsp3) is 0.160. The zero-order chi connectivity index (χ0) is 19.5. The number of para-hydroxylation sites is 1. The number of ether oxygens (including phenoxy) is 1. The van der Waals surface area contributed by atoms with Gasteiger partial charge in [-0.2, -0.15) is 0 Å². The molecular formula is C25H23NO2. The first kappa shape index (κ1) is 18.1. The lowest BCUT2D eigenvalue weighted by molar-refractivity contribution is -0.142. The molecule has 0 bridgehead atoms. The number of carbonyl (C=O) groups excluding carboxylic acids is 1. The molecule has 1 aliphatic rings. The lowest BCUT2D eigenvalue weighted by Gasteiger charge is -2.41. The summed E-state index contributed by atoms with van der Waals surface area (Å²) < 4.78 is 5.24. The van der Waals surface area contributed by atoms with E-state index in [9.17, 15) is 4.79 Å². The molecule has 4 rings (SSSR count). The fourth-order valence-electron chi connectivity index (χ4n) is 3.93. The van der Waals surface area contributed by atoms with Gasteiger partial charge in [-0.05, 0) is 35.2 Å². The number of fused-ring (bicyclic) bond motifs is 1. The smallest absolute Gasteiger partial charge is 0.333 e. The SMILES string of the molecule is COC(=O)[C@H](c1ccccc1)N1c2ccccc2C=C[C@@H]1c1ccccc1C. The first-order chi connectivity index (χ1) is 13.7. The number of hydrogen-bond donors (Lipinski definition) is 0. The Bertz CT molecular complexity index is 1010. The summed E-state index contributed by atoms with van der Waals surface area (Å²) in [7, 11) is 1.45. The highest BCUT2D eigenvalue weighted by atomic mass is 16.5. The molecule has 0 unspecified atom stereocenters. The number of nitrogens with zero attached hydrogens (tertiary/aromatic N) is 1. The van der Waals surface area contributed by atoms with Crippen LogP contribution >= 0.6 is 0 Å². The van der Waals surface area contributed by atoms with Crippen LogP contribution in [-0.4, -0.2) is 13.1 Å². The highest BCUT2D eigenvalue weighted by molar-refractivity contribution is 5.85. The summed E-state index contributed by atoms with van der Waals surface area (Å²) in [5.74, 6) is -0.269. The van der Waals surface area contributed by atoms with Crippen molar-refractivity contribution in [1.82, 2.24) is 0 Å². The minimum Gasteiger partial charge on any atom is -0.467 e. The molecule has 0 aliphatic carbocycles. The van der Waals surface area contributed by atoms with E-state index in [2.05, 4.69) is 48.2 Å². The Morgan fingerprint density at radius 2 is 1.61 bits per heavy atom. The van der Waals surface area contributed by atoms with Crippen molar-refractivity contribution in [3.63, 3.8) is 0 Å². The molecular weight excluding hydrogens is 346 g/mol. The minimum atomic E-state index is -0.540. The first-order valence-corrected chi connectivity index (χ1v) is 9.44. The van der Waals surface area contributed by atoms with E-state index in [0.29, 0.717) is 0 Å². The third-order valence-electron chi connectivity index (χ3n) is 5.30. The van der Waals surface area contributed by atoms with Gasteiger partial charge in [-0.3, -0.25) is 0 Å². The molecule has 0 N–H and O–H groups in total. The monoisotopic (exact) mass is 369 g/mol. The molecule has 3 nitrogen and oxygen atoms in total. The second-order valence-electron chi connectivity index (χ2n) is 6.96. The number of aryl methyl sites for hydroxylation is 1. The first-order valence-electron chi connectivity index (χ1n) is 9.44. The molecule has 0 saturated carbocycles. The minimum absolute atomic E-state index is 0.0691. The molecule has 0 saturated heterocycles. The van der Waals surface area contributed by atoms with Crippen LogP contribution in [0.25, 0.3) is 6.08 Å². The molecule has 3 heteroatoms. The van der Waals surface area contributed by atoms with Crippen LogP contribution < -0.4 is 4.90 Å². The van der Waals surface area contributed by atoms with E-state index in [1.807, 2.05) is 54.6 Å². The van der Waals surface area contributed by atoms with Crippen LogP contribution in [0.1, 0.15) is 34.3 Å². The van der Waals surface area contributed by atoms with Gasteiger partial charge in [-0.15, -0.1) is 0 Å². The van der Waals surface area contributed by atoms with Crippen molar-refractivity contribution in [2.24, 2.45) is 0 Å². The summed E-state index contributed by atoms with van der Waals surface area (Å²) in [6, 6.07) is 25.7. The number of benzene rings is 3. The highest BCUT2D eigenvalue weighted by Crippen LogP contribution is 2.43. The van der Waals surface area contributed by atoms with E-state index in [1.54, 1.807) is 0 Å². The van der Waals surface area contributed by atoms with Gasteiger partial charge < -0.3 is 9.64 Å². The van der Waals surface area contributed by atoms with Crippen molar-refractivity contribution in [1.29, 1.82) is 0 Å². The molecule has 2 atom stereocenters. The Balaban J connectivity index is 1.93. The Morgan fingerprint density at radius 1 is 0.929 bits per heavy atom. The van der Waals surface area contributed by atoms with Crippen LogP contribution in [0.15, 0.2) is 84.9 Å². The van der Waals surface area contributed by atoms with E-state index in [0.717, 1.165) is 16.8 Å². The number of carbonyl (C=O) groups is 1. The molecule has 0 spiro atoms. The summed E-state index contributed by atoms with van der Waals surface area (Å²) in [5.41, 5.74) is 5.41. The van der Waals surface area contributed by atoms with Gasteiger partial charge in [0.1, 0.15) is 0 Å². The van der Waals surface area contributed by atoms with Gasteiger partial charge in [0.15, 0.2) is 6.04 Å². The van der Waals surface area contributed by atoms with Crippen LogP contribution in [0.5, 0.6) is 0 Å². The topological polar surface area (TPSA) is 29.5 Å². The summed E-state index contributed by atoms with van der Waals surface area (Å²) in [6.07, 6.45) is 4.31. The number of rotatable bonds is 4. The molecule has 0 amide bonds. The van der Waals surface area contributed by atoms with Gasteiger partial charge in [0.05, 0.1) is 13.2 Å². The van der Waals surface area contributed by atoms with Crippen molar-refractivity contribution in [2.75, 3.05) is 12.0 Å². The van der Waals surface area contributed by atoms with E-state index >= 15 is 0 Å². The third-order valence-corrected chi connectivity index (χ3v) is 5.30. The van der Waals surface area contributed by atoms with Crippen molar-refractivity contribution in [3.05, 3.63) is 107 Å². The fourth-order valence-corrected chi connectivity index (χ4v) is 3.93. The largest absolute Gasteiger partial charge is 0.467 e. The number of hydrogen-bond acceptors (Lipinski definition) is 3. The zero-order valence-corrected chi connectivity index (χ0v) is 16.1. The van der Waals surface area contributed by atoms with Crippen molar-refractivity contribution < 1.29 is 9.53 Å². The maximum atomic E-state index is 13.0. The lowest BCUT2D eigenvalue weighted by Crippen LogP contribution is -2.39. The van der Waals surface area contributed by atoms with E-state index < -0.39 is 6.04 Å². The van der Waals surface area contributed by atoms with Gasteiger partial charge in [0.2, 0.25) is 0 Å². The molecule has 0 fully saturated rings. The van der Waals surface area contributed by atoms with Crippen LogP contribution in [0.3, 0.4) is 0 Å². The third kappa shape index (κ3) is 3.20. The molecule has 140 valence electrons. The molecule has 0 radical (unpaired) electrons. The van der Waals surface area contributed by atoms with Gasteiger partial charge in [0.25, 0.3) is 0 Å². The van der Waals surface area contributed by atoms with E-state index in [4.69, 9.17) is 4.74 Å². The summed E-state index contributed by atoms with van der Waals surface area (Å²) >= 11 is 0. The van der Waals surface area contributed by atoms with Crippen LogP contribution in [-0.2, 0) is 9.53 Å². The van der Waals surface area contributed by atoms with Crippen LogP contribution in [0, 0.1) is 6.92 Å². The second kappa shape index (κ2) is 7.73. The maximum Gasteiger partial charge on any atom is 0.333 e. The van der Waals surface area contributed by atoms with Crippen molar-refractivity contribution in [2.45, 2.75) is 19.0 Å². The molecule has 3 aromatic rings. The zero-order valence-electron chi connectivity index (χ0n) is 16.1. The second-order valence-corrected chi connectivity index (χ2v) is 6.96. The van der Waals surface area contributed by atoms with Gasteiger partial charge in [-0.1, -0.05) is 84.9 Å². The van der Waals surface area contributed by atoms with Gasteiger partial charge in [-0.25, -0.2) is 4.79 Å². The predicted octanol–water partition coefficient (Wildman–Crippen LogP) is 5.48. The Kier molecular flexibility index (Phi) is 4.98. The van der Waals surface area contributed by atoms with Crippen molar-refractivity contribution >= 4 is 17.7 Å². The van der Waals surface area contributed by atoms with Crippen LogP contribution in [0.4, 0.5) is 5.69 Å². The lowest BCUT2D eigenvalue weighted by atomic mass is 9.91. The average Bonchev–Trinajstić information content (AvgIpc) is 2.75. The van der Waals surface area contributed by atoms with Gasteiger partial charge >= 0.3 is 5.97 Å². The predicted molar refractivity (Wildman–Crippen MR) is 113 cm³/mol. The molecule has 0 aromatic heterocycles. The number of esters is 1. The molecule has 28 heavy (non-hydrogen) atoms. The molecule has 3 aromatic carbocycles. The number of anilines is 1. The Hall–Kier alpha value is -3.33. The van der Waals surface area contributed by atoms with E-state index in [1.165, 1.54) is 18.2 Å². The average molecular weight is 369 g/mol. The Morgan fingerprint density at radius 3 is 2.36 bits per heavy atom. The van der Waals surface area contributed by atoms with Gasteiger partial charge in [0, 0.05) is 5.69 Å². The summed E-state index contributed by atoms with van der Waals surface area (Å²) in [6.45, 7) is 2.11. The standard InChI is InChI=1S/C25H23NO2/c1-18-10-6-8-14-21(18)23-17-16-19-11-7-9-15-22(19)26(23)24(25(27)28-2)20-12-4-3-5-13-20/h3-17,23-24H,1-2H3/t23-,24+/m1/s1. The maximum absolute atomic E-state index is 13.0. The molecule has 1 heterocycles.